The van der Waals surface area contributed by atoms with E-state index in [0.29, 0.717) is 24.2 Å². The quantitative estimate of drug-likeness (QED) is 0.582. The molecule has 0 aromatic carbocycles. The molecular formula is C22H34O4. The lowest BCUT2D eigenvalue weighted by Gasteiger charge is -2.59. The lowest BCUT2D eigenvalue weighted by atomic mass is 9.47. The molecule has 4 aliphatic rings. The largest absolute Gasteiger partial charge is 0.469 e. The number of rotatable bonds is 2. The van der Waals surface area contributed by atoms with Crippen molar-refractivity contribution in [3.05, 3.63) is 11.6 Å². The lowest BCUT2D eigenvalue weighted by molar-refractivity contribution is -0.160. The van der Waals surface area contributed by atoms with E-state index in [0.717, 1.165) is 44.9 Å². The fourth-order valence-electron chi connectivity index (χ4n) is 7.35. The molecule has 4 rings (SSSR count). The predicted octanol–water partition coefficient (Wildman–Crippen LogP) is 3.60. The molecule has 4 aliphatic carbocycles. The van der Waals surface area contributed by atoms with Gasteiger partial charge in [-0.3, -0.25) is 4.79 Å². The van der Waals surface area contributed by atoms with Crippen LogP contribution in [0.5, 0.6) is 0 Å². The molecule has 0 radical (unpaired) electrons. The predicted molar refractivity (Wildman–Crippen MR) is 99.3 cm³/mol. The molecule has 0 spiro atoms. The first-order chi connectivity index (χ1) is 12.2. The van der Waals surface area contributed by atoms with E-state index in [-0.39, 0.29) is 29.3 Å². The molecule has 0 aromatic heterocycles. The molecule has 7 unspecified atom stereocenters. The van der Waals surface area contributed by atoms with Gasteiger partial charge in [-0.25, -0.2) is 0 Å². The van der Waals surface area contributed by atoms with Gasteiger partial charge >= 0.3 is 5.97 Å². The van der Waals surface area contributed by atoms with Crippen LogP contribution in [0.25, 0.3) is 0 Å². The van der Waals surface area contributed by atoms with E-state index in [2.05, 4.69) is 19.9 Å². The van der Waals surface area contributed by atoms with Crippen LogP contribution in [0.2, 0.25) is 0 Å². The Bertz CT molecular complexity index is 628. The number of ether oxygens (including phenoxy) is 1. The number of esters is 1. The molecule has 2 N–H and O–H groups in total. The number of carbonyl (C=O) groups is 1. The minimum absolute atomic E-state index is 0.123. The number of aliphatic hydroxyl groups excluding tert-OH is 1. The molecule has 3 fully saturated rings. The molecular weight excluding hydrogens is 328 g/mol. The van der Waals surface area contributed by atoms with Crippen molar-refractivity contribution < 1.29 is 19.7 Å². The summed E-state index contributed by atoms with van der Waals surface area (Å²) in [5.74, 6) is 1.41. The van der Waals surface area contributed by atoms with Gasteiger partial charge in [0, 0.05) is 0 Å². The maximum Gasteiger partial charge on any atom is 0.308 e. The van der Waals surface area contributed by atoms with Gasteiger partial charge in [0.2, 0.25) is 0 Å². The van der Waals surface area contributed by atoms with Crippen molar-refractivity contribution in [1.82, 2.24) is 0 Å². The minimum atomic E-state index is -0.927. The summed E-state index contributed by atoms with van der Waals surface area (Å²) in [5.41, 5.74) is 0.567. The zero-order valence-corrected chi connectivity index (χ0v) is 16.5. The normalized spacial score (nSPS) is 50.3. The number of carbonyl (C=O) groups excluding carboxylic acids is 1. The molecule has 3 saturated carbocycles. The van der Waals surface area contributed by atoms with Crippen LogP contribution in [0.15, 0.2) is 11.6 Å². The van der Waals surface area contributed by atoms with Gasteiger partial charge in [-0.2, -0.15) is 0 Å². The Hall–Kier alpha value is -0.870. The number of fused-ring (bicyclic) bond motifs is 5. The molecule has 4 heteroatoms. The summed E-state index contributed by atoms with van der Waals surface area (Å²) in [6.07, 6.45) is 10.1. The third-order valence-electron chi connectivity index (χ3n) is 9.06. The van der Waals surface area contributed by atoms with Crippen molar-refractivity contribution >= 4 is 5.97 Å². The number of methoxy groups -OCH3 is 1. The Labute approximate surface area is 157 Å². The average molecular weight is 363 g/mol. The minimum Gasteiger partial charge on any atom is -0.469 e. The monoisotopic (exact) mass is 362 g/mol. The third kappa shape index (κ3) is 2.44. The van der Waals surface area contributed by atoms with Gasteiger partial charge in [0.05, 0.1) is 25.2 Å². The number of allylic oxidation sites excluding steroid dienone is 1. The van der Waals surface area contributed by atoms with Gasteiger partial charge in [0.15, 0.2) is 0 Å². The molecule has 0 aromatic rings. The zero-order chi connectivity index (χ0) is 18.7. The van der Waals surface area contributed by atoms with E-state index in [9.17, 15) is 15.0 Å². The summed E-state index contributed by atoms with van der Waals surface area (Å²) in [5, 5.41) is 21.5. The zero-order valence-electron chi connectivity index (χ0n) is 16.5. The van der Waals surface area contributed by atoms with Crippen molar-refractivity contribution in [3.63, 3.8) is 0 Å². The summed E-state index contributed by atoms with van der Waals surface area (Å²) >= 11 is 0. The molecule has 4 nitrogen and oxygen atoms in total. The third-order valence-corrected chi connectivity index (χ3v) is 9.06. The highest BCUT2D eigenvalue weighted by Crippen LogP contribution is 2.67. The van der Waals surface area contributed by atoms with Crippen molar-refractivity contribution in [3.8, 4) is 0 Å². The first-order valence-corrected chi connectivity index (χ1v) is 10.4. The molecule has 0 saturated heterocycles. The SMILES string of the molecule is COC(=O)CC1(O)CCC2C3CC=C4CC(O)CCC4(C)C3CCC21C. The first-order valence-electron chi connectivity index (χ1n) is 10.4. The van der Waals surface area contributed by atoms with Gasteiger partial charge in [-0.05, 0) is 80.0 Å². The summed E-state index contributed by atoms with van der Waals surface area (Å²) in [6, 6.07) is 0. The molecule has 7 atom stereocenters. The van der Waals surface area contributed by atoms with Crippen molar-refractivity contribution in [2.45, 2.75) is 83.3 Å². The standard InChI is InChI=1S/C22H34O4/c1-20-9-6-15(23)12-14(20)4-5-16-17(20)7-10-21(2)18(16)8-11-22(21,25)13-19(24)26-3/h4,15-18,23,25H,5-13H2,1-3H3. The fourth-order valence-corrected chi connectivity index (χ4v) is 7.35. The smallest absolute Gasteiger partial charge is 0.308 e. The highest BCUT2D eigenvalue weighted by atomic mass is 16.5. The molecule has 0 aliphatic heterocycles. The Kier molecular flexibility index (Phi) is 4.31. The number of hydrogen-bond donors (Lipinski definition) is 2. The van der Waals surface area contributed by atoms with Gasteiger partial charge < -0.3 is 14.9 Å². The molecule has 146 valence electrons. The highest BCUT2D eigenvalue weighted by Gasteiger charge is 2.64. The van der Waals surface area contributed by atoms with Gasteiger partial charge in [0.25, 0.3) is 0 Å². The lowest BCUT2D eigenvalue weighted by Crippen LogP contribution is -2.55. The van der Waals surface area contributed by atoms with Gasteiger partial charge in [-0.1, -0.05) is 25.5 Å². The van der Waals surface area contributed by atoms with E-state index < -0.39 is 5.60 Å². The number of aliphatic hydroxyl groups is 2. The van der Waals surface area contributed by atoms with Crippen LogP contribution in [0.1, 0.15) is 71.6 Å². The van der Waals surface area contributed by atoms with E-state index in [1.807, 2.05) is 0 Å². The number of hydrogen-bond acceptors (Lipinski definition) is 4. The van der Waals surface area contributed by atoms with Gasteiger partial charge in [-0.15, -0.1) is 0 Å². The summed E-state index contributed by atoms with van der Waals surface area (Å²) < 4.78 is 4.87. The molecule has 0 heterocycles. The van der Waals surface area contributed by atoms with Crippen LogP contribution < -0.4 is 0 Å². The van der Waals surface area contributed by atoms with Crippen LogP contribution >= 0.6 is 0 Å². The summed E-state index contributed by atoms with van der Waals surface area (Å²) in [7, 11) is 1.41. The average Bonchev–Trinajstić information content (AvgIpc) is 2.86. The van der Waals surface area contributed by atoms with Crippen LogP contribution in [-0.2, 0) is 9.53 Å². The molecule has 0 bridgehead atoms. The molecule has 0 amide bonds. The highest BCUT2D eigenvalue weighted by molar-refractivity contribution is 5.70. The summed E-state index contributed by atoms with van der Waals surface area (Å²) in [4.78, 5) is 11.9. The Morgan fingerprint density at radius 3 is 2.65 bits per heavy atom. The van der Waals surface area contributed by atoms with Crippen LogP contribution in [0, 0.1) is 28.6 Å². The Morgan fingerprint density at radius 2 is 1.92 bits per heavy atom. The molecule has 26 heavy (non-hydrogen) atoms. The second kappa shape index (κ2) is 6.07. The maximum atomic E-state index is 11.9. The Morgan fingerprint density at radius 1 is 1.19 bits per heavy atom. The second-order valence-corrected chi connectivity index (χ2v) is 9.94. The van der Waals surface area contributed by atoms with Crippen LogP contribution in [0.4, 0.5) is 0 Å². The maximum absolute atomic E-state index is 11.9. The van der Waals surface area contributed by atoms with Crippen molar-refractivity contribution in [2.24, 2.45) is 28.6 Å². The summed E-state index contributed by atoms with van der Waals surface area (Å²) in [6.45, 7) is 4.63. The van der Waals surface area contributed by atoms with Crippen LogP contribution in [-0.4, -0.2) is 35.0 Å². The second-order valence-electron chi connectivity index (χ2n) is 9.94. The van der Waals surface area contributed by atoms with E-state index in [1.54, 1.807) is 0 Å². The van der Waals surface area contributed by atoms with E-state index in [1.165, 1.54) is 12.7 Å². The van der Waals surface area contributed by atoms with Gasteiger partial charge in [0.1, 0.15) is 0 Å². The van der Waals surface area contributed by atoms with Crippen LogP contribution in [0.3, 0.4) is 0 Å². The Balaban J connectivity index is 1.63. The van der Waals surface area contributed by atoms with E-state index >= 15 is 0 Å². The van der Waals surface area contributed by atoms with Crippen molar-refractivity contribution in [2.75, 3.05) is 7.11 Å². The fraction of sp³-hybridized carbons (Fsp3) is 0.864. The first kappa shape index (κ1) is 18.5. The van der Waals surface area contributed by atoms with Crippen molar-refractivity contribution in [1.29, 1.82) is 0 Å². The van der Waals surface area contributed by atoms with E-state index in [4.69, 9.17) is 4.74 Å². The topological polar surface area (TPSA) is 66.8 Å².